The molecule has 0 fully saturated rings. The highest BCUT2D eigenvalue weighted by molar-refractivity contribution is 5.45. The standard InChI is InChI=1S/C20H16N2O3/c21-12-17(23)16-13-22-11-10-18(16)25-20-9-5-4-8-19(20)24-14-15-6-2-1-3-7-15/h1-11,13,17,23H,14H2. The first-order valence-electron chi connectivity index (χ1n) is 7.73. The summed E-state index contributed by atoms with van der Waals surface area (Å²) in [6, 6.07) is 20.4. The smallest absolute Gasteiger partial charge is 0.171 e. The summed E-state index contributed by atoms with van der Waals surface area (Å²) in [5.41, 5.74) is 1.35. The Balaban J connectivity index is 1.81. The Morgan fingerprint density at radius 1 is 0.960 bits per heavy atom. The Bertz CT molecular complexity index is 875. The molecule has 0 saturated heterocycles. The SMILES string of the molecule is N#CC(O)c1cnccc1Oc1ccccc1OCc1ccccc1. The topological polar surface area (TPSA) is 75.4 Å². The van der Waals surface area contributed by atoms with E-state index in [2.05, 4.69) is 4.98 Å². The number of nitriles is 1. The Hall–Kier alpha value is -3.36. The van der Waals surface area contributed by atoms with Crippen LogP contribution in [0.5, 0.6) is 17.2 Å². The van der Waals surface area contributed by atoms with Gasteiger partial charge < -0.3 is 14.6 Å². The summed E-state index contributed by atoms with van der Waals surface area (Å²) in [4.78, 5) is 3.93. The molecular weight excluding hydrogens is 316 g/mol. The van der Waals surface area contributed by atoms with Crippen LogP contribution in [0.25, 0.3) is 0 Å². The van der Waals surface area contributed by atoms with Gasteiger partial charge in [-0.3, -0.25) is 4.98 Å². The molecule has 0 radical (unpaired) electrons. The fraction of sp³-hybridized carbons (Fsp3) is 0.100. The van der Waals surface area contributed by atoms with Crippen LogP contribution in [-0.2, 0) is 6.61 Å². The normalized spacial score (nSPS) is 11.4. The van der Waals surface area contributed by atoms with Gasteiger partial charge in [0.1, 0.15) is 12.4 Å². The van der Waals surface area contributed by atoms with Crippen LogP contribution >= 0.6 is 0 Å². The number of hydrogen-bond donors (Lipinski definition) is 1. The van der Waals surface area contributed by atoms with Crippen molar-refractivity contribution in [1.82, 2.24) is 4.98 Å². The lowest BCUT2D eigenvalue weighted by Gasteiger charge is -2.15. The zero-order chi connectivity index (χ0) is 17.5. The van der Waals surface area contributed by atoms with Crippen LogP contribution in [0.3, 0.4) is 0 Å². The van der Waals surface area contributed by atoms with E-state index in [1.165, 1.54) is 12.4 Å². The van der Waals surface area contributed by atoms with Gasteiger partial charge in [0, 0.05) is 12.4 Å². The van der Waals surface area contributed by atoms with Gasteiger partial charge in [-0.15, -0.1) is 0 Å². The highest BCUT2D eigenvalue weighted by Gasteiger charge is 2.15. The summed E-state index contributed by atoms with van der Waals surface area (Å²) in [5.74, 6) is 1.43. The number of para-hydroxylation sites is 2. The fourth-order valence-electron chi connectivity index (χ4n) is 2.27. The summed E-state index contributed by atoms with van der Waals surface area (Å²) >= 11 is 0. The number of aliphatic hydroxyl groups excluding tert-OH is 1. The van der Waals surface area contributed by atoms with E-state index < -0.39 is 6.10 Å². The first-order chi connectivity index (χ1) is 12.3. The molecule has 3 rings (SSSR count). The first kappa shape index (κ1) is 16.5. The van der Waals surface area contributed by atoms with Crippen molar-refractivity contribution >= 4 is 0 Å². The number of benzene rings is 2. The number of ether oxygens (including phenoxy) is 2. The molecule has 3 aromatic rings. The van der Waals surface area contributed by atoms with Crippen LogP contribution in [0, 0.1) is 11.3 Å². The van der Waals surface area contributed by atoms with Gasteiger partial charge in [-0.2, -0.15) is 5.26 Å². The van der Waals surface area contributed by atoms with Gasteiger partial charge in [-0.1, -0.05) is 42.5 Å². The van der Waals surface area contributed by atoms with E-state index in [0.717, 1.165) is 5.56 Å². The zero-order valence-electron chi connectivity index (χ0n) is 13.4. The van der Waals surface area contributed by atoms with Gasteiger partial charge in [0.25, 0.3) is 0 Å². The highest BCUT2D eigenvalue weighted by atomic mass is 16.5. The minimum absolute atomic E-state index is 0.308. The predicted molar refractivity (Wildman–Crippen MR) is 92.1 cm³/mol. The summed E-state index contributed by atoms with van der Waals surface area (Å²) in [5, 5.41) is 18.7. The van der Waals surface area contributed by atoms with Crippen molar-refractivity contribution in [1.29, 1.82) is 5.26 Å². The van der Waals surface area contributed by atoms with Crippen molar-refractivity contribution in [2.45, 2.75) is 12.7 Å². The van der Waals surface area contributed by atoms with E-state index in [9.17, 15) is 5.11 Å². The number of aromatic nitrogens is 1. The van der Waals surface area contributed by atoms with E-state index in [-0.39, 0.29) is 0 Å². The van der Waals surface area contributed by atoms with Crippen molar-refractivity contribution < 1.29 is 14.6 Å². The quantitative estimate of drug-likeness (QED) is 0.690. The number of rotatable bonds is 6. The Kier molecular flexibility index (Phi) is 5.25. The zero-order valence-corrected chi connectivity index (χ0v) is 13.4. The molecule has 0 amide bonds. The molecule has 0 aliphatic heterocycles. The van der Waals surface area contributed by atoms with Crippen LogP contribution in [0.2, 0.25) is 0 Å². The minimum atomic E-state index is -1.30. The number of pyridine rings is 1. The molecule has 1 aromatic heterocycles. The van der Waals surface area contributed by atoms with Gasteiger partial charge in [-0.05, 0) is 23.8 Å². The van der Waals surface area contributed by atoms with E-state index in [0.29, 0.717) is 29.4 Å². The molecule has 5 nitrogen and oxygen atoms in total. The number of hydrogen-bond acceptors (Lipinski definition) is 5. The van der Waals surface area contributed by atoms with Crippen LogP contribution in [0.15, 0.2) is 73.1 Å². The van der Waals surface area contributed by atoms with E-state index in [1.54, 1.807) is 24.3 Å². The lowest BCUT2D eigenvalue weighted by Crippen LogP contribution is -2.00. The van der Waals surface area contributed by atoms with Crippen LogP contribution in [0.4, 0.5) is 0 Å². The molecule has 0 aliphatic rings. The summed E-state index contributed by atoms with van der Waals surface area (Å²) in [6.45, 7) is 0.408. The molecule has 0 bridgehead atoms. The monoisotopic (exact) mass is 332 g/mol. The Morgan fingerprint density at radius 2 is 1.68 bits per heavy atom. The molecule has 1 unspecified atom stereocenters. The largest absolute Gasteiger partial charge is 0.485 e. The Morgan fingerprint density at radius 3 is 2.44 bits per heavy atom. The molecular formula is C20H16N2O3. The summed E-state index contributed by atoms with van der Waals surface area (Å²) in [7, 11) is 0. The third kappa shape index (κ3) is 4.14. The second-order valence-corrected chi connectivity index (χ2v) is 5.27. The van der Waals surface area contributed by atoms with Gasteiger partial charge in [0.2, 0.25) is 0 Å². The van der Waals surface area contributed by atoms with Crippen molar-refractivity contribution in [3.63, 3.8) is 0 Å². The molecule has 0 saturated carbocycles. The van der Waals surface area contributed by atoms with Gasteiger partial charge in [-0.25, -0.2) is 0 Å². The van der Waals surface area contributed by atoms with E-state index in [4.69, 9.17) is 14.7 Å². The molecule has 2 aromatic carbocycles. The third-order valence-electron chi connectivity index (χ3n) is 3.53. The lowest BCUT2D eigenvalue weighted by molar-refractivity contribution is 0.230. The van der Waals surface area contributed by atoms with Crippen molar-refractivity contribution in [2.75, 3.05) is 0 Å². The maximum Gasteiger partial charge on any atom is 0.171 e. The number of aliphatic hydroxyl groups is 1. The Labute approximate surface area is 145 Å². The second-order valence-electron chi connectivity index (χ2n) is 5.27. The second kappa shape index (κ2) is 7.95. The van der Waals surface area contributed by atoms with Crippen molar-refractivity contribution in [2.24, 2.45) is 0 Å². The third-order valence-corrected chi connectivity index (χ3v) is 3.53. The van der Waals surface area contributed by atoms with Crippen LogP contribution in [-0.4, -0.2) is 10.1 Å². The van der Waals surface area contributed by atoms with Crippen molar-refractivity contribution in [3.05, 3.63) is 84.2 Å². The molecule has 25 heavy (non-hydrogen) atoms. The van der Waals surface area contributed by atoms with Gasteiger partial charge in [0.15, 0.2) is 17.6 Å². The maximum atomic E-state index is 9.80. The average molecular weight is 332 g/mol. The van der Waals surface area contributed by atoms with Crippen LogP contribution in [0.1, 0.15) is 17.2 Å². The van der Waals surface area contributed by atoms with Crippen molar-refractivity contribution in [3.8, 4) is 23.3 Å². The van der Waals surface area contributed by atoms with Gasteiger partial charge >= 0.3 is 0 Å². The molecule has 5 heteroatoms. The van der Waals surface area contributed by atoms with E-state index in [1.807, 2.05) is 42.5 Å². The maximum absolute atomic E-state index is 9.80. The molecule has 1 atom stereocenters. The average Bonchev–Trinajstić information content (AvgIpc) is 2.68. The minimum Gasteiger partial charge on any atom is -0.485 e. The highest BCUT2D eigenvalue weighted by Crippen LogP contribution is 2.34. The fourth-order valence-corrected chi connectivity index (χ4v) is 2.27. The molecule has 0 spiro atoms. The summed E-state index contributed by atoms with van der Waals surface area (Å²) < 4.78 is 11.7. The predicted octanol–water partition coefficient (Wildman–Crippen LogP) is 4.01. The molecule has 1 heterocycles. The van der Waals surface area contributed by atoms with Crippen LogP contribution < -0.4 is 9.47 Å². The molecule has 1 N–H and O–H groups in total. The number of nitrogens with zero attached hydrogens (tertiary/aromatic N) is 2. The first-order valence-corrected chi connectivity index (χ1v) is 7.73. The lowest BCUT2D eigenvalue weighted by atomic mass is 10.1. The summed E-state index contributed by atoms with van der Waals surface area (Å²) in [6.07, 6.45) is 1.65. The molecule has 0 aliphatic carbocycles. The molecule has 124 valence electrons. The van der Waals surface area contributed by atoms with Gasteiger partial charge in [0.05, 0.1) is 11.6 Å². The van der Waals surface area contributed by atoms with E-state index >= 15 is 0 Å².